The molecule has 0 aromatic carbocycles. The van der Waals surface area contributed by atoms with Gasteiger partial charge < -0.3 is 14.6 Å². The van der Waals surface area contributed by atoms with Crippen LogP contribution in [0.4, 0.5) is 0 Å². The summed E-state index contributed by atoms with van der Waals surface area (Å²) in [5.41, 5.74) is 0. The molecule has 0 aliphatic rings. The van der Waals surface area contributed by atoms with Crippen LogP contribution in [0.15, 0.2) is 85.1 Å². The summed E-state index contributed by atoms with van der Waals surface area (Å²) in [6, 6.07) is 0. The van der Waals surface area contributed by atoms with E-state index in [2.05, 4.69) is 98.9 Å². The molecule has 0 aromatic rings. The summed E-state index contributed by atoms with van der Waals surface area (Å²) < 4.78 is 10.6. The summed E-state index contributed by atoms with van der Waals surface area (Å²) in [7, 11) is 0. The fourth-order valence-corrected chi connectivity index (χ4v) is 7.08. The van der Waals surface area contributed by atoms with Crippen LogP contribution in [-0.2, 0) is 19.1 Å². The van der Waals surface area contributed by atoms with Gasteiger partial charge in [-0.3, -0.25) is 9.59 Å². The number of rotatable bonds is 46. The number of esters is 2. The zero-order valence-corrected chi connectivity index (χ0v) is 39.9. The van der Waals surface area contributed by atoms with E-state index in [0.29, 0.717) is 12.8 Å². The quantitative estimate of drug-likeness (QED) is 0.0375. The highest BCUT2D eigenvalue weighted by atomic mass is 16.6. The number of carbonyl (C=O) groups is 2. The van der Waals surface area contributed by atoms with Gasteiger partial charge in [-0.25, -0.2) is 0 Å². The lowest BCUT2D eigenvalue weighted by Crippen LogP contribution is -2.28. The van der Waals surface area contributed by atoms with Gasteiger partial charge in [-0.15, -0.1) is 0 Å². The molecule has 0 aliphatic carbocycles. The molecule has 1 unspecified atom stereocenters. The van der Waals surface area contributed by atoms with Crippen molar-refractivity contribution in [1.82, 2.24) is 0 Å². The first-order valence-electron chi connectivity index (χ1n) is 25.6. The minimum atomic E-state index is -0.776. The van der Waals surface area contributed by atoms with Gasteiger partial charge in [0.15, 0.2) is 6.10 Å². The Kier molecular flexibility index (Phi) is 49.0. The number of hydrogen-bond acceptors (Lipinski definition) is 5. The van der Waals surface area contributed by atoms with Gasteiger partial charge >= 0.3 is 11.9 Å². The molecule has 0 radical (unpaired) electrons. The molecule has 0 fully saturated rings. The maximum absolute atomic E-state index is 12.2. The number of ether oxygens (including phenoxy) is 2. The van der Waals surface area contributed by atoms with Gasteiger partial charge in [0, 0.05) is 12.8 Å². The van der Waals surface area contributed by atoms with Crippen LogP contribution < -0.4 is 0 Å². The van der Waals surface area contributed by atoms with Crippen LogP contribution in [0.25, 0.3) is 0 Å². The fraction of sp³-hybridized carbons (Fsp3) is 0.714. The van der Waals surface area contributed by atoms with Crippen molar-refractivity contribution in [2.75, 3.05) is 13.2 Å². The van der Waals surface area contributed by atoms with Crippen molar-refractivity contribution in [3.8, 4) is 0 Å². The SMILES string of the molecule is CC/C=C\C/C=C\C/C=C\C/C=C\C/C=C\C/C=C\CCCCCCCCCCCCCCCCCCC(=O)OC(CO)COC(=O)CCCCCCC/C=C\CCCCC. The van der Waals surface area contributed by atoms with Crippen LogP contribution in [0, 0.1) is 0 Å². The lowest BCUT2D eigenvalue weighted by molar-refractivity contribution is -0.161. The Bertz CT molecular complexity index is 1140. The van der Waals surface area contributed by atoms with Crippen molar-refractivity contribution >= 4 is 11.9 Å². The van der Waals surface area contributed by atoms with Gasteiger partial charge in [0.1, 0.15) is 6.61 Å². The molecule has 0 aromatic heterocycles. The molecule has 5 heteroatoms. The van der Waals surface area contributed by atoms with Gasteiger partial charge in [0.2, 0.25) is 0 Å². The summed E-state index contributed by atoms with van der Waals surface area (Å²) in [5, 5.41) is 9.60. The lowest BCUT2D eigenvalue weighted by Gasteiger charge is -2.15. The van der Waals surface area contributed by atoms with E-state index in [1.54, 1.807) is 0 Å². The first kappa shape index (κ1) is 58.1. The molecule has 0 bridgehead atoms. The number of allylic oxidation sites excluding steroid dienone is 14. The number of aliphatic hydroxyl groups is 1. The highest BCUT2D eigenvalue weighted by molar-refractivity contribution is 5.70. The molecular formula is C56H96O5. The number of unbranched alkanes of at least 4 members (excludes halogenated alkanes) is 24. The Labute approximate surface area is 377 Å². The van der Waals surface area contributed by atoms with E-state index in [9.17, 15) is 14.7 Å². The molecule has 1 N–H and O–H groups in total. The number of aliphatic hydroxyl groups excluding tert-OH is 1. The molecule has 0 aliphatic heterocycles. The van der Waals surface area contributed by atoms with E-state index >= 15 is 0 Å². The smallest absolute Gasteiger partial charge is 0.306 e. The van der Waals surface area contributed by atoms with Crippen molar-refractivity contribution in [1.29, 1.82) is 0 Å². The third-order valence-electron chi connectivity index (χ3n) is 10.9. The summed E-state index contributed by atoms with van der Waals surface area (Å²) in [6.45, 7) is 4.00. The van der Waals surface area contributed by atoms with E-state index in [-0.39, 0.29) is 25.2 Å². The predicted molar refractivity (Wildman–Crippen MR) is 265 cm³/mol. The number of hydrogen-bond donors (Lipinski definition) is 1. The molecule has 0 heterocycles. The minimum Gasteiger partial charge on any atom is -0.462 e. The molecule has 0 amide bonds. The highest BCUT2D eigenvalue weighted by Gasteiger charge is 2.16. The summed E-state index contributed by atoms with van der Waals surface area (Å²) >= 11 is 0. The number of carbonyl (C=O) groups excluding carboxylic acids is 2. The lowest BCUT2D eigenvalue weighted by atomic mass is 10.0. The molecule has 61 heavy (non-hydrogen) atoms. The van der Waals surface area contributed by atoms with E-state index in [1.807, 2.05) is 0 Å². The first-order valence-corrected chi connectivity index (χ1v) is 25.6. The van der Waals surface area contributed by atoms with E-state index in [1.165, 1.54) is 128 Å². The van der Waals surface area contributed by atoms with Crippen LogP contribution >= 0.6 is 0 Å². The summed E-state index contributed by atoms with van der Waals surface area (Å²) in [6.07, 6.45) is 71.2. The Morgan fingerprint density at radius 3 is 1.08 bits per heavy atom. The van der Waals surface area contributed by atoms with E-state index in [0.717, 1.165) is 83.5 Å². The third-order valence-corrected chi connectivity index (χ3v) is 10.9. The standard InChI is InChI=1S/C56H96O5/c1-3-5-7-9-11-13-15-17-18-19-20-21-22-23-24-25-26-27-28-29-30-31-32-33-34-35-36-37-38-39-41-43-45-47-49-51-56(59)61-54(52-57)53-60-55(58)50-48-46-44-42-40-16-14-12-10-8-6-4-2/h5,7,11-14,17-18,20-21,23-24,26-27,54,57H,3-4,6,8-10,15-16,19,22,25,28-53H2,1-2H3/b7-5-,13-11-,14-12-,18-17-,21-20-,24-23-,27-26-. The third kappa shape index (κ3) is 49.6. The second-order valence-corrected chi connectivity index (χ2v) is 16.9. The van der Waals surface area contributed by atoms with Crippen LogP contribution in [-0.4, -0.2) is 36.4 Å². The van der Waals surface area contributed by atoms with Crippen molar-refractivity contribution in [2.24, 2.45) is 0 Å². The van der Waals surface area contributed by atoms with Crippen molar-refractivity contribution in [3.63, 3.8) is 0 Å². The van der Waals surface area contributed by atoms with Gasteiger partial charge in [-0.05, 0) is 89.9 Å². The van der Waals surface area contributed by atoms with Crippen LogP contribution in [0.3, 0.4) is 0 Å². The van der Waals surface area contributed by atoms with Gasteiger partial charge in [-0.2, -0.15) is 0 Å². The molecule has 0 saturated carbocycles. The molecule has 0 rings (SSSR count). The van der Waals surface area contributed by atoms with Gasteiger partial charge in [0.25, 0.3) is 0 Å². The van der Waals surface area contributed by atoms with Crippen molar-refractivity contribution < 1.29 is 24.2 Å². The van der Waals surface area contributed by atoms with E-state index < -0.39 is 6.10 Å². The average Bonchev–Trinajstić information content (AvgIpc) is 3.26. The van der Waals surface area contributed by atoms with E-state index in [4.69, 9.17) is 9.47 Å². The maximum Gasteiger partial charge on any atom is 0.306 e. The normalized spacial score (nSPS) is 12.9. The molecule has 5 nitrogen and oxygen atoms in total. The van der Waals surface area contributed by atoms with Gasteiger partial charge in [-0.1, -0.05) is 221 Å². The fourth-order valence-electron chi connectivity index (χ4n) is 7.08. The first-order chi connectivity index (χ1) is 30.1. The summed E-state index contributed by atoms with van der Waals surface area (Å²) in [5.74, 6) is -0.600. The van der Waals surface area contributed by atoms with Gasteiger partial charge in [0.05, 0.1) is 6.61 Å². The average molecular weight is 849 g/mol. The largest absolute Gasteiger partial charge is 0.462 e. The summed E-state index contributed by atoms with van der Waals surface area (Å²) in [4.78, 5) is 24.3. The zero-order chi connectivity index (χ0) is 44.2. The van der Waals surface area contributed by atoms with Crippen molar-refractivity contribution in [3.05, 3.63) is 85.1 Å². The molecule has 0 spiro atoms. The molecule has 0 saturated heterocycles. The van der Waals surface area contributed by atoms with Crippen LogP contribution in [0.1, 0.15) is 239 Å². The van der Waals surface area contributed by atoms with Crippen LogP contribution in [0.2, 0.25) is 0 Å². The topological polar surface area (TPSA) is 72.8 Å². The molecule has 350 valence electrons. The maximum atomic E-state index is 12.2. The molecule has 1 atom stereocenters. The minimum absolute atomic E-state index is 0.0709. The monoisotopic (exact) mass is 849 g/mol. The zero-order valence-electron chi connectivity index (χ0n) is 39.9. The molecular weight excluding hydrogens is 753 g/mol. The second-order valence-electron chi connectivity index (χ2n) is 16.9. The Morgan fingerprint density at radius 2 is 0.705 bits per heavy atom. The Balaban J connectivity index is 3.48. The predicted octanol–water partition coefficient (Wildman–Crippen LogP) is 17.0. The highest BCUT2D eigenvalue weighted by Crippen LogP contribution is 2.15. The second kappa shape index (κ2) is 51.4. The Hall–Kier alpha value is -2.92. The Morgan fingerprint density at radius 1 is 0.393 bits per heavy atom. The van der Waals surface area contributed by atoms with Crippen molar-refractivity contribution in [2.45, 2.75) is 245 Å². The van der Waals surface area contributed by atoms with Crippen LogP contribution in [0.5, 0.6) is 0 Å².